The van der Waals surface area contributed by atoms with Gasteiger partial charge in [0.05, 0.1) is 5.69 Å². The third kappa shape index (κ3) is 3.19. The van der Waals surface area contributed by atoms with Gasteiger partial charge in [0, 0.05) is 35.2 Å². The first-order valence-electron chi connectivity index (χ1n) is 7.66. The van der Waals surface area contributed by atoms with Gasteiger partial charge in [-0.15, -0.1) is 4.91 Å². The number of rotatable bonds is 5. The molecule has 0 radical (unpaired) electrons. The van der Waals surface area contributed by atoms with Crippen LogP contribution in [0.1, 0.15) is 22.9 Å². The zero-order valence-corrected chi connectivity index (χ0v) is 14.3. The molecule has 0 spiro atoms. The minimum absolute atomic E-state index is 0.513. The summed E-state index contributed by atoms with van der Waals surface area (Å²) in [4.78, 5) is 11.4. The van der Waals surface area contributed by atoms with E-state index < -0.39 is 6.04 Å². The van der Waals surface area contributed by atoms with Crippen molar-refractivity contribution >= 4 is 23.0 Å². The summed E-state index contributed by atoms with van der Waals surface area (Å²) in [6.45, 7) is 2.04. The van der Waals surface area contributed by atoms with E-state index in [0.29, 0.717) is 10.6 Å². The van der Waals surface area contributed by atoms with Crippen molar-refractivity contribution in [3.63, 3.8) is 0 Å². The van der Waals surface area contributed by atoms with Gasteiger partial charge in [0.15, 0.2) is 6.04 Å². The predicted molar refractivity (Wildman–Crippen MR) is 99.0 cm³/mol. The van der Waals surface area contributed by atoms with E-state index in [-0.39, 0.29) is 0 Å². The van der Waals surface area contributed by atoms with Crippen molar-refractivity contribution in [2.24, 2.45) is 12.2 Å². The molecular weight excluding hydrogens is 322 g/mol. The second kappa shape index (κ2) is 6.89. The molecule has 0 bridgehead atoms. The monoisotopic (exact) mass is 339 g/mol. The van der Waals surface area contributed by atoms with Crippen LogP contribution in [0.2, 0.25) is 5.02 Å². The first-order valence-corrected chi connectivity index (χ1v) is 8.03. The summed E-state index contributed by atoms with van der Waals surface area (Å²) < 4.78 is 1.88. The van der Waals surface area contributed by atoms with Crippen LogP contribution in [0.25, 0.3) is 0 Å². The lowest BCUT2D eigenvalue weighted by Crippen LogP contribution is -2.04. The van der Waals surface area contributed by atoms with E-state index in [1.807, 2.05) is 79.3 Å². The molecule has 24 heavy (non-hydrogen) atoms. The van der Waals surface area contributed by atoms with Gasteiger partial charge in [-0.2, -0.15) is 0 Å². The molecule has 122 valence electrons. The quantitative estimate of drug-likeness (QED) is 0.616. The Kier molecular flexibility index (Phi) is 4.67. The number of para-hydroxylation sites is 1. The lowest BCUT2D eigenvalue weighted by Gasteiger charge is -2.15. The summed E-state index contributed by atoms with van der Waals surface area (Å²) >= 11 is 6.43. The summed E-state index contributed by atoms with van der Waals surface area (Å²) in [5, 5.41) is 7.13. The highest BCUT2D eigenvalue weighted by atomic mass is 35.5. The minimum Gasteiger partial charge on any atom is -0.355 e. The Balaban J connectivity index is 1.91. The number of aryl methyl sites for hydroxylation is 2. The number of nitrogens with one attached hydrogen (secondary N) is 1. The second-order valence-electron chi connectivity index (χ2n) is 5.73. The Hall–Kier alpha value is -2.59. The molecule has 0 aliphatic heterocycles. The van der Waals surface area contributed by atoms with E-state index in [2.05, 4.69) is 10.5 Å². The molecule has 1 atom stereocenters. The number of anilines is 2. The molecule has 0 fully saturated rings. The van der Waals surface area contributed by atoms with E-state index in [4.69, 9.17) is 11.6 Å². The summed E-state index contributed by atoms with van der Waals surface area (Å²) in [6.07, 6.45) is 1.88. The maximum absolute atomic E-state index is 11.4. The number of hydrogen-bond acceptors (Lipinski definition) is 3. The normalized spacial score (nSPS) is 12.0. The molecule has 0 saturated heterocycles. The molecule has 0 amide bonds. The molecule has 3 aromatic rings. The fraction of sp³-hybridized carbons (Fsp3) is 0.158. The third-order valence-electron chi connectivity index (χ3n) is 4.09. The van der Waals surface area contributed by atoms with Gasteiger partial charge in [-0.3, -0.25) is 0 Å². The van der Waals surface area contributed by atoms with Gasteiger partial charge < -0.3 is 9.88 Å². The molecule has 1 aromatic heterocycles. The van der Waals surface area contributed by atoms with E-state index in [0.717, 1.165) is 22.6 Å². The van der Waals surface area contributed by atoms with Crippen molar-refractivity contribution in [2.45, 2.75) is 13.0 Å². The van der Waals surface area contributed by atoms with Gasteiger partial charge in [0.1, 0.15) is 0 Å². The van der Waals surface area contributed by atoms with Crippen molar-refractivity contribution in [3.8, 4) is 0 Å². The van der Waals surface area contributed by atoms with Crippen LogP contribution >= 0.6 is 11.6 Å². The lowest BCUT2D eigenvalue weighted by atomic mass is 10.0. The maximum Gasteiger partial charge on any atom is 0.158 e. The number of nitroso groups, excluding NO2 is 1. The Bertz CT molecular complexity index is 873. The van der Waals surface area contributed by atoms with Crippen LogP contribution in [0, 0.1) is 11.8 Å². The Morgan fingerprint density at radius 2 is 1.92 bits per heavy atom. The first-order chi connectivity index (χ1) is 11.6. The van der Waals surface area contributed by atoms with E-state index in [1.165, 1.54) is 0 Å². The molecule has 2 aromatic carbocycles. The highest BCUT2D eigenvalue weighted by molar-refractivity contribution is 6.31. The Morgan fingerprint density at radius 1 is 1.12 bits per heavy atom. The Labute approximate surface area is 146 Å². The maximum atomic E-state index is 11.4. The number of benzene rings is 2. The number of aromatic nitrogens is 1. The molecule has 0 aliphatic rings. The summed E-state index contributed by atoms with van der Waals surface area (Å²) in [7, 11) is 1.88. The van der Waals surface area contributed by atoms with Crippen LogP contribution < -0.4 is 5.32 Å². The van der Waals surface area contributed by atoms with Crippen LogP contribution in [-0.4, -0.2) is 4.57 Å². The van der Waals surface area contributed by atoms with Gasteiger partial charge in [-0.05, 0) is 42.8 Å². The van der Waals surface area contributed by atoms with Gasteiger partial charge >= 0.3 is 0 Å². The number of halogens is 1. The molecule has 1 unspecified atom stereocenters. The summed E-state index contributed by atoms with van der Waals surface area (Å²) in [5.74, 6) is 0. The molecule has 5 heteroatoms. The smallest absolute Gasteiger partial charge is 0.158 e. The van der Waals surface area contributed by atoms with Crippen molar-refractivity contribution in [2.75, 3.05) is 5.32 Å². The molecule has 0 aliphatic carbocycles. The highest BCUT2D eigenvalue weighted by Gasteiger charge is 2.20. The zero-order valence-electron chi connectivity index (χ0n) is 13.5. The van der Waals surface area contributed by atoms with Crippen molar-refractivity contribution in [1.29, 1.82) is 0 Å². The lowest BCUT2D eigenvalue weighted by molar-refractivity contribution is 0.744. The van der Waals surface area contributed by atoms with E-state index in [9.17, 15) is 4.91 Å². The molecule has 1 N–H and O–H groups in total. The second-order valence-corrected chi connectivity index (χ2v) is 6.14. The fourth-order valence-electron chi connectivity index (χ4n) is 2.72. The molecule has 0 saturated carbocycles. The molecular formula is C19H18ClN3O. The molecule has 1 heterocycles. The minimum atomic E-state index is -0.620. The van der Waals surface area contributed by atoms with Gasteiger partial charge in [0.25, 0.3) is 0 Å². The zero-order chi connectivity index (χ0) is 17.1. The molecule has 4 nitrogen and oxygen atoms in total. The Morgan fingerprint density at radius 3 is 2.54 bits per heavy atom. The summed E-state index contributed by atoms with van der Waals surface area (Å²) in [6, 6.07) is 16.8. The van der Waals surface area contributed by atoms with Crippen LogP contribution in [-0.2, 0) is 7.05 Å². The summed E-state index contributed by atoms with van der Waals surface area (Å²) in [5.41, 5.74) is 4.55. The van der Waals surface area contributed by atoms with Gasteiger partial charge in [-0.25, -0.2) is 0 Å². The van der Waals surface area contributed by atoms with Crippen LogP contribution in [0.4, 0.5) is 11.4 Å². The first kappa shape index (κ1) is 16.3. The topological polar surface area (TPSA) is 46.4 Å². The highest BCUT2D eigenvalue weighted by Crippen LogP contribution is 2.34. The van der Waals surface area contributed by atoms with Gasteiger partial charge in [-0.1, -0.05) is 41.0 Å². The number of nitrogens with zero attached hydrogens (tertiary/aromatic N) is 2. The van der Waals surface area contributed by atoms with Crippen LogP contribution in [0.3, 0.4) is 0 Å². The van der Waals surface area contributed by atoms with E-state index in [1.54, 1.807) is 0 Å². The average Bonchev–Trinajstić information content (AvgIpc) is 2.98. The average molecular weight is 340 g/mol. The van der Waals surface area contributed by atoms with Crippen molar-refractivity contribution < 1.29 is 0 Å². The van der Waals surface area contributed by atoms with Crippen molar-refractivity contribution in [3.05, 3.63) is 87.5 Å². The van der Waals surface area contributed by atoms with Crippen LogP contribution in [0.15, 0.2) is 66.0 Å². The predicted octanol–water partition coefficient (Wildman–Crippen LogP) is 5.59. The fourth-order valence-corrected chi connectivity index (χ4v) is 3.01. The SMILES string of the molecule is Cc1ccccc1Nc1ccc(C(N=O)c2cccn2C)c(Cl)c1. The third-order valence-corrected chi connectivity index (χ3v) is 4.42. The number of hydrogen-bond donors (Lipinski definition) is 1. The van der Waals surface area contributed by atoms with Gasteiger partial charge in [0.2, 0.25) is 0 Å². The van der Waals surface area contributed by atoms with E-state index >= 15 is 0 Å². The largest absolute Gasteiger partial charge is 0.355 e. The molecule has 3 rings (SSSR count). The standard InChI is InChI=1S/C19H18ClN3O/c1-13-6-3-4-7-17(13)21-14-9-10-15(16(20)12-14)19(22-24)18-8-5-11-23(18)2/h3-12,19,21H,1-2H3. The van der Waals surface area contributed by atoms with Crippen molar-refractivity contribution in [1.82, 2.24) is 4.57 Å². The van der Waals surface area contributed by atoms with Crippen LogP contribution in [0.5, 0.6) is 0 Å².